The molecular weight excluding hydrogens is 348 g/mol. The van der Waals surface area contributed by atoms with Gasteiger partial charge in [-0.3, -0.25) is 0 Å². The second-order valence-corrected chi connectivity index (χ2v) is 7.68. The molecule has 7 nitrogen and oxygen atoms in total. The number of rotatable bonds is 4. The Hall–Kier alpha value is -1.83. The van der Waals surface area contributed by atoms with Gasteiger partial charge in [0.2, 0.25) is 0 Å². The van der Waals surface area contributed by atoms with Gasteiger partial charge >= 0.3 is 6.16 Å². The molecule has 2 aliphatic heterocycles. The first-order chi connectivity index (χ1) is 12.9. The Morgan fingerprint density at radius 3 is 2.70 bits per heavy atom. The molecular formula is C20H30N2O5. The summed E-state index contributed by atoms with van der Waals surface area (Å²) in [6.07, 6.45) is 1.33. The van der Waals surface area contributed by atoms with Crippen molar-refractivity contribution in [2.45, 2.75) is 58.3 Å². The summed E-state index contributed by atoms with van der Waals surface area (Å²) in [5, 5.41) is 12.2. The zero-order chi connectivity index (χ0) is 19.6. The van der Waals surface area contributed by atoms with E-state index in [9.17, 15) is 9.90 Å². The highest BCUT2D eigenvalue weighted by atomic mass is 16.8. The zero-order valence-corrected chi connectivity index (χ0v) is 16.3. The highest BCUT2D eigenvalue weighted by Crippen LogP contribution is 2.40. The van der Waals surface area contributed by atoms with Gasteiger partial charge in [0.25, 0.3) is 0 Å². The van der Waals surface area contributed by atoms with Crippen molar-refractivity contribution < 1.29 is 24.2 Å². The van der Waals surface area contributed by atoms with Gasteiger partial charge in [-0.1, -0.05) is 12.1 Å². The molecule has 0 aromatic heterocycles. The average molecular weight is 378 g/mol. The van der Waals surface area contributed by atoms with Crippen LogP contribution in [0.1, 0.15) is 49.5 Å². The molecule has 0 bridgehead atoms. The highest BCUT2D eigenvalue weighted by molar-refractivity contribution is 5.59. The molecule has 150 valence electrons. The van der Waals surface area contributed by atoms with Crippen LogP contribution in [0.15, 0.2) is 12.1 Å². The molecule has 1 fully saturated rings. The van der Waals surface area contributed by atoms with Crippen molar-refractivity contribution in [1.82, 2.24) is 5.06 Å². The lowest BCUT2D eigenvalue weighted by Gasteiger charge is -2.39. The molecule has 0 amide bonds. The minimum atomic E-state index is -0.658. The summed E-state index contributed by atoms with van der Waals surface area (Å²) >= 11 is 0. The van der Waals surface area contributed by atoms with Crippen LogP contribution >= 0.6 is 0 Å². The number of hydrogen-bond donors (Lipinski definition) is 2. The fourth-order valence-electron chi connectivity index (χ4n) is 3.94. The number of ether oxygens (including phenoxy) is 2. The van der Waals surface area contributed by atoms with E-state index in [1.54, 1.807) is 18.9 Å². The second kappa shape index (κ2) is 8.46. The minimum absolute atomic E-state index is 0.00326. The van der Waals surface area contributed by atoms with Gasteiger partial charge in [-0.25, -0.2) is 4.79 Å². The monoisotopic (exact) mass is 378 g/mol. The lowest BCUT2D eigenvalue weighted by Crippen LogP contribution is -2.42. The van der Waals surface area contributed by atoms with Crippen LogP contribution in [-0.2, 0) is 20.7 Å². The maximum atomic E-state index is 11.6. The minimum Gasteiger partial charge on any atom is -0.507 e. The lowest BCUT2D eigenvalue weighted by molar-refractivity contribution is -0.158. The molecule has 1 aromatic rings. The second-order valence-electron chi connectivity index (χ2n) is 7.68. The Bertz CT molecular complexity index is 671. The van der Waals surface area contributed by atoms with Gasteiger partial charge in [0.05, 0.1) is 18.3 Å². The predicted molar refractivity (Wildman–Crippen MR) is 100 cm³/mol. The van der Waals surface area contributed by atoms with E-state index in [4.69, 9.17) is 20.0 Å². The number of aromatic hydroxyl groups is 1. The summed E-state index contributed by atoms with van der Waals surface area (Å²) in [4.78, 5) is 16.9. The molecule has 0 aliphatic carbocycles. The lowest BCUT2D eigenvalue weighted by atomic mass is 9.83. The van der Waals surface area contributed by atoms with Crippen LogP contribution in [0, 0.1) is 12.8 Å². The van der Waals surface area contributed by atoms with Crippen LogP contribution in [0.3, 0.4) is 0 Å². The third-order valence-corrected chi connectivity index (χ3v) is 5.39. The number of nitrogens with two attached hydrogens (primary N) is 1. The van der Waals surface area contributed by atoms with Crippen LogP contribution in [0.25, 0.3) is 0 Å². The first kappa shape index (κ1) is 19.9. The number of hydrogen-bond acceptors (Lipinski definition) is 7. The average Bonchev–Trinajstić information content (AvgIpc) is 2.64. The van der Waals surface area contributed by atoms with Gasteiger partial charge in [-0.05, 0) is 50.7 Å². The molecule has 0 unspecified atom stereocenters. The largest absolute Gasteiger partial charge is 0.528 e. The van der Waals surface area contributed by atoms with Gasteiger partial charge in [-0.2, -0.15) is 0 Å². The van der Waals surface area contributed by atoms with Crippen molar-refractivity contribution in [2.24, 2.45) is 11.7 Å². The maximum absolute atomic E-state index is 11.6. The van der Waals surface area contributed by atoms with Gasteiger partial charge in [0.15, 0.2) is 0 Å². The summed E-state index contributed by atoms with van der Waals surface area (Å²) in [6.45, 7) is 7.14. The Kier molecular flexibility index (Phi) is 6.24. The van der Waals surface area contributed by atoms with Crippen molar-refractivity contribution in [3.8, 4) is 5.75 Å². The summed E-state index contributed by atoms with van der Waals surface area (Å²) in [6, 6.07) is 3.92. The van der Waals surface area contributed by atoms with Crippen LogP contribution in [-0.4, -0.2) is 48.2 Å². The molecule has 0 saturated carbocycles. The molecule has 2 aliphatic rings. The standard InChI is InChI=1S/C20H30N2O5/c1-12(2)25-20(24)27-22-8-6-14(7-9-22)17-10-16-15(18(11-21)26-17)5-4-13(3)19(16)23/h4-5,12,14,17-18,23H,6-11,21H2,1-3H3/t17-,18-/m0/s1. The number of piperidine rings is 1. The third-order valence-electron chi connectivity index (χ3n) is 5.39. The number of hydroxylamine groups is 2. The van der Waals surface area contributed by atoms with E-state index >= 15 is 0 Å². The number of aryl methyl sites for hydroxylation is 1. The Balaban J connectivity index is 1.62. The molecule has 0 spiro atoms. The SMILES string of the molecule is Cc1ccc2c(c1O)C[C@@H](C1CCN(OC(=O)OC(C)C)CC1)O[C@H]2CN. The number of phenolic OH excluding ortho intramolecular Hbond substituents is 1. The maximum Gasteiger partial charge on any atom is 0.528 e. The van der Waals surface area contributed by atoms with Crippen molar-refractivity contribution in [1.29, 1.82) is 0 Å². The molecule has 27 heavy (non-hydrogen) atoms. The molecule has 1 aromatic carbocycles. The van der Waals surface area contributed by atoms with E-state index in [-0.39, 0.29) is 18.3 Å². The molecule has 2 heterocycles. The van der Waals surface area contributed by atoms with E-state index in [0.29, 0.717) is 37.7 Å². The number of nitrogens with zero attached hydrogens (tertiary/aromatic N) is 1. The van der Waals surface area contributed by atoms with E-state index in [1.807, 2.05) is 19.1 Å². The molecule has 3 N–H and O–H groups in total. The van der Waals surface area contributed by atoms with E-state index in [1.165, 1.54) is 0 Å². The summed E-state index contributed by atoms with van der Waals surface area (Å²) in [7, 11) is 0. The van der Waals surface area contributed by atoms with Crippen molar-refractivity contribution in [3.63, 3.8) is 0 Å². The fraction of sp³-hybridized carbons (Fsp3) is 0.650. The van der Waals surface area contributed by atoms with Gasteiger partial charge in [0.1, 0.15) is 5.75 Å². The summed E-state index contributed by atoms with van der Waals surface area (Å²) in [5.74, 6) is 0.685. The van der Waals surface area contributed by atoms with Gasteiger partial charge < -0.3 is 25.2 Å². The van der Waals surface area contributed by atoms with Crippen LogP contribution in [0.4, 0.5) is 4.79 Å². The fourth-order valence-corrected chi connectivity index (χ4v) is 3.94. The van der Waals surface area contributed by atoms with E-state index < -0.39 is 6.16 Å². The van der Waals surface area contributed by atoms with Crippen molar-refractivity contribution in [2.75, 3.05) is 19.6 Å². The van der Waals surface area contributed by atoms with Crippen LogP contribution in [0.5, 0.6) is 5.75 Å². The molecule has 3 rings (SSSR count). The number of phenols is 1. The first-order valence-corrected chi connectivity index (χ1v) is 9.69. The third kappa shape index (κ3) is 4.54. The molecule has 7 heteroatoms. The van der Waals surface area contributed by atoms with Crippen molar-refractivity contribution in [3.05, 3.63) is 28.8 Å². The predicted octanol–water partition coefficient (Wildman–Crippen LogP) is 2.83. The first-order valence-electron chi connectivity index (χ1n) is 9.69. The smallest absolute Gasteiger partial charge is 0.507 e. The van der Waals surface area contributed by atoms with E-state index in [0.717, 1.165) is 29.5 Å². The molecule has 0 radical (unpaired) electrons. The van der Waals surface area contributed by atoms with Crippen LogP contribution < -0.4 is 5.73 Å². The normalized spacial score (nSPS) is 23.9. The summed E-state index contributed by atoms with van der Waals surface area (Å²) < 4.78 is 11.3. The van der Waals surface area contributed by atoms with Crippen molar-refractivity contribution >= 4 is 6.16 Å². The topological polar surface area (TPSA) is 94.2 Å². The zero-order valence-electron chi connectivity index (χ0n) is 16.3. The molecule has 1 saturated heterocycles. The Morgan fingerprint density at radius 2 is 2.07 bits per heavy atom. The summed E-state index contributed by atoms with van der Waals surface area (Å²) in [5.41, 5.74) is 8.75. The van der Waals surface area contributed by atoms with Gasteiger partial charge in [0, 0.05) is 31.6 Å². The van der Waals surface area contributed by atoms with Crippen LogP contribution in [0.2, 0.25) is 0 Å². The number of carbonyl (C=O) groups is 1. The Morgan fingerprint density at radius 1 is 1.37 bits per heavy atom. The Labute approximate surface area is 160 Å². The van der Waals surface area contributed by atoms with Gasteiger partial charge in [-0.15, -0.1) is 5.06 Å². The number of fused-ring (bicyclic) bond motifs is 1. The van der Waals surface area contributed by atoms with E-state index in [2.05, 4.69) is 0 Å². The number of benzene rings is 1. The quantitative estimate of drug-likeness (QED) is 0.778. The molecule has 2 atom stereocenters. The number of carbonyl (C=O) groups excluding carboxylic acids is 1. The highest BCUT2D eigenvalue weighted by Gasteiger charge is 2.36.